The highest BCUT2D eigenvalue weighted by Gasteiger charge is 2.32. The number of anilines is 1. The lowest BCUT2D eigenvalue weighted by molar-refractivity contribution is -0.117. The molecule has 0 saturated carbocycles. The van der Waals surface area contributed by atoms with E-state index in [9.17, 15) is 9.59 Å². The molecule has 0 spiro atoms. The predicted octanol–water partition coefficient (Wildman–Crippen LogP) is 2.17. The van der Waals surface area contributed by atoms with Crippen molar-refractivity contribution in [3.05, 3.63) is 11.8 Å². The lowest BCUT2D eigenvalue weighted by atomic mass is 10.1. The summed E-state index contributed by atoms with van der Waals surface area (Å²) in [5.74, 6) is 2.10. The summed E-state index contributed by atoms with van der Waals surface area (Å²) in [4.78, 5) is 24.7. The highest BCUT2D eigenvalue weighted by atomic mass is 32.2. The maximum absolute atomic E-state index is 12.0. The molecule has 5 nitrogen and oxygen atoms in total. The van der Waals surface area contributed by atoms with Gasteiger partial charge < -0.3 is 0 Å². The monoisotopic (exact) mass is 281 g/mol. The minimum atomic E-state index is 0.0935. The van der Waals surface area contributed by atoms with Crippen LogP contribution in [0, 0.1) is 5.92 Å². The molecule has 1 aromatic rings. The van der Waals surface area contributed by atoms with Crippen LogP contribution in [0.25, 0.3) is 0 Å². The first-order chi connectivity index (χ1) is 8.97. The van der Waals surface area contributed by atoms with Crippen LogP contribution in [0.15, 0.2) is 6.07 Å². The van der Waals surface area contributed by atoms with Crippen LogP contribution < -0.4 is 4.90 Å². The van der Waals surface area contributed by atoms with E-state index in [1.54, 1.807) is 11.8 Å². The third-order valence-electron chi connectivity index (χ3n) is 3.21. The van der Waals surface area contributed by atoms with E-state index in [0.717, 1.165) is 5.69 Å². The van der Waals surface area contributed by atoms with Gasteiger partial charge in [-0.2, -0.15) is 5.10 Å². The Morgan fingerprint density at radius 3 is 2.95 bits per heavy atom. The molecular weight excluding hydrogens is 262 g/mol. The second-order valence-corrected chi connectivity index (χ2v) is 6.41. The fourth-order valence-corrected chi connectivity index (χ4v) is 2.80. The van der Waals surface area contributed by atoms with Crippen molar-refractivity contribution in [1.82, 2.24) is 10.2 Å². The summed E-state index contributed by atoms with van der Waals surface area (Å²) >= 11 is 1.29. The standard InChI is InChI=1S/C13H19N3O2S/c1-8(2)11-5-12(15-14-11)16-6-10(4-13(16)18)7-19-9(3)17/h5,8,10H,4,6-7H2,1-3H3,(H,14,15). The number of carbonyl (C=O) groups excluding carboxylic acids is 2. The maximum atomic E-state index is 12.0. The molecule has 2 heterocycles. The van der Waals surface area contributed by atoms with Gasteiger partial charge in [0.25, 0.3) is 0 Å². The number of amides is 1. The van der Waals surface area contributed by atoms with E-state index < -0.39 is 0 Å². The first-order valence-electron chi connectivity index (χ1n) is 6.46. The molecule has 0 aliphatic carbocycles. The lowest BCUT2D eigenvalue weighted by Gasteiger charge is -2.12. The molecule has 1 aliphatic rings. The van der Waals surface area contributed by atoms with Crippen LogP contribution in [0.5, 0.6) is 0 Å². The average Bonchev–Trinajstić information content (AvgIpc) is 2.92. The summed E-state index contributed by atoms with van der Waals surface area (Å²) in [7, 11) is 0. The average molecular weight is 281 g/mol. The number of rotatable bonds is 4. The third-order valence-corrected chi connectivity index (χ3v) is 4.25. The Kier molecular flexibility index (Phi) is 4.29. The van der Waals surface area contributed by atoms with Crippen LogP contribution in [0.4, 0.5) is 5.82 Å². The van der Waals surface area contributed by atoms with Crippen molar-refractivity contribution >= 4 is 28.6 Å². The van der Waals surface area contributed by atoms with E-state index in [2.05, 4.69) is 24.0 Å². The lowest BCUT2D eigenvalue weighted by Crippen LogP contribution is -2.25. The highest BCUT2D eigenvalue weighted by Crippen LogP contribution is 2.27. The molecule has 1 atom stereocenters. The van der Waals surface area contributed by atoms with Gasteiger partial charge in [0.2, 0.25) is 5.91 Å². The molecule has 1 aliphatic heterocycles. The number of H-pyrrole nitrogens is 1. The van der Waals surface area contributed by atoms with E-state index in [0.29, 0.717) is 30.5 Å². The second-order valence-electron chi connectivity index (χ2n) is 5.21. The first kappa shape index (κ1) is 14.1. The first-order valence-corrected chi connectivity index (χ1v) is 7.45. The van der Waals surface area contributed by atoms with Gasteiger partial charge in [-0.25, -0.2) is 0 Å². The number of aromatic nitrogens is 2. The summed E-state index contributed by atoms with van der Waals surface area (Å²) in [6.07, 6.45) is 0.504. The molecular formula is C13H19N3O2S. The molecule has 1 N–H and O–H groups in total. The van der Waals surface area contributed by atoms with Gasteiger partial charge in [0, 0.05) is 37.4 Å². The summed E-state index contributed by atoms with van der Waals surface area (Å²) in [5.41, 5.74) is 1.03. The molecule has 1 amide bonds. The van der Waals surface area contributed by atoms with Gasteiger partial charge in [-0.05, 0) is 11.8 Å². The zero-order valence-corrected chi connectivity index (χ0v) is 12.3. The van der Waals surface area contributed by atoms with E-state index in [-0.39, 0.29) is 16.9 Å². The molecule has 0 bridgehead atoms. The topological polar surface area (TPSA) is 66.1 Å². The van der Waals surface area contributed by atoms with Crippen LogP contribution in [0.3, 0.4) is 0 Å². The summed E-state index contributed by atoms with van der Waals surface area (Å²) in [6.45, 7) is 6.37. The summed E-state index contributed by atoms with van der Waals surface area (Å²) < 4.78 is 0. The minimum absolute atomic E-state index is 0.0935. The Hall–Kier alpha value is -1.30. The molecule has 6 heteroatoms. The van der Waals surface area contributed by atoms with Crippen LogP contribution in [0.2, 0.25) is 0 Å². The van der Waals surface area contributed by atoms with Gasteiger partial charge in [0.15, 0.2) is 10.9 Å². The Labute approximate surface area is 117 Å². The van der Waals surface area contributed by atoms with Gasteiger partial charge >= 0.3 is 0 Å². The Morgan fingerprint density at radius 1 is 1.63 bits per heavy atom. The summed E-state index contributed by atoms with van der Waals surface area (Å²) in [5, 5.41) is 7.27. The minimum Gasteiger partial charge on any atom is -0.295 e. The number of nitrogens with zero attached hydrogens (tertiary/aromatic N) is 2. The Morgan fingerprint density at radius 2 is 2.37 bits per heavy atom. The number of thioether (sulfide) groups is 1. The van der Waals surface area contributed by atoms with E-state index in [1.807, 2.05) is 6.07 Å². The van der Waals surface area contributed by atoms with Crippen molar-refractivity contribution in [1.29, 1.82) is 0 Å². The zero-order chi connectivity index (χ0) is 14.0. The van der Waals surface area contributed by atoms with Crippen molar-refractivity contribution < 1.29 is 9.59 Å². The number of aromatic amines is 1. The fraction of sp³-hybridized carbons (Fsp3) is 0.615. The zero-order valence-electron chi connectivity index (χ0n) is 11.5. The van der Waals surface area contributed by atoms with E-state index >= 15 is 0 Å². The fourth-order valence-electron chi connectivity index (χ4n) is 2.11. The van der Waals surface area contributed by atoms with Crippen molar-refractivity contribution in [3.63, 3.8) is 0 Å². The van der Waals surface area contributed by atoms with Crippen molar-refractivity contribution in [3.8, 4) is 0 Å². The van der Waals surface area contributed by atoms with Gasteiger partial charge in [0.05, 0.1) is 0 Å². The quantitative estimate of drug-likeness (QED) is 0.918. The van der Waals surface area contributed by atoms with Crippen molar-refractivity contribution in [2.45, 2.75) is 33.1 Å². The van der Waals surface area contributed by atoms with Gasteiger partial charge in [0.1, 0.15) is 0 Å². The van der Waals surface area contributed by atoms with Crippen molar-refractivity contribution in [2.75, 3.05) is 17.2 Å². The molecule has 0 aromatic carbocycles. The largest absolute Gasteiger partial charge is 0.295 e. The molecule has 19 heavy (non-hydrogen) atoms. The molecule has 104 valence electrons. The smallest absolute Gasteiger partial charge is 0.228 e. The normalized spacial score (nSPS) is 19.5. The molecule has 1 fully saturated rings. The highest BCUT2D eigenvalue weighted by molar-refractivity contribution is 8.13. The van der Waals surface area contributed by atoms with E-state index in [4.69, 9.17) is 0 Å². The van der Waals surface area contributed by atoms with Gasteiger partial charge in [-0.15, -0.1) is 0 Å². The summed E-state index contributed by atoms with van der Waals surface area (Å²) in [6, 6.07) is 1.93. The molecule has 1 saturated heterocycles. The molecule has 2 rings (SSSR count). The van der Waals surface area contributed by atoms with Crippen LogP contribution >= 0.6 is 11.8 Å². The van der Waals surface area contributed by atoms with Gasteiger partial charge in [-0.1, -0.05) is 25.6 Å². The van der Waals surface area contributed by atoms with Gasteiger partial charge in [-0.3, -0.25) is 19.6 Å². The Balaban J connectivity index is 2.00. The third kappa shape index (κ3) is 3.37. The maximum Gasteiger partial charge on any atom is 0.228 e. The van der Waals surface area contributed by atoms with Crippen LogP contribution in [-0.4, -0.2) is 33.5 Å². The van der Waals surface area contributed by atoms with E-state index in [1.165, 1.54) is 11.8 Å². The molecule has 1 aromatic heterocycles. The number of hydrogen-bond acceptors (Lipinski definition) is 4. The molecule has 1 unspecified atom stereocenters. The second kappa shape index (κ2) is 5.77. The SMILES string of the molecule is CC(=O)SCC1CC(=O)N(c2cc(C(C)C)[nH]n2)C1. The van der Waals surface area contributed by atoms with Crippen LogP contribution in [0.1, 0.15) is 38.8 Å². The van der Waals surface area contributed by atoms with Crippen molar-refractivity contribution in [2.24, 2.45) is 5.92 Å². The number of carbonyl (C=O) groups is 2. The number of hydrogen-bond donors (Lipinski definition) is 1. The predicted molar refractivity (Wildman–Crippen MR) is 76.3 cm³/mol. The Bertz CT molecular complexity index is 484. The van der Waals surface area contributed by atoms with Crippen LogP contribution in [-0.2, 0) is 9.59 Å². The number of nitrogens with one attached hydrogen (secondary N) is 1. The molecule has 0 radical (unpaired) electrons.